The summed E-state index contributed by atoms with van der Waals surface area (Å²) in [6, 6.07) is 12.6. The molecule has 0 unspecified atom stereocenters. The van der Waals surface area contributed by atoms with Crippen LogP contribution in [0.15, 0.2) is 53.4 Å². The molecule has 1 aliphatic rings. The van der Waals surface area contributed by atoms with Gasteiger partial charge in [0.05, 0.1) is 16.0 Å². The molecule has 164 valence electrons. The van der Waals surface area contributed by atoms with Crippen LogP contribution >= 0.6 is 0 Å². The Bertz CT molecular complexity index is 1100. The Morgan fingerprint density at radius 2 is 1.58 bits per heavy atom. The van der Waals surface area contributed by atoms with E-state index in [0.29, 0.717) is 23.2 Å². The average molecular weight is 444 g/mol. The number of rotatable bonds is 7. The molecule has 31 heavy (non-hydrogen) atoms. The molecule has 1 heterocycles. The number of hydrogen-bond donors (Lipinski definition) is 2. The molecule has 2 aromatic carbocycles. The minimum atomic E-state index is -3.73. The number of benzene rings is 2. The van der Waals surface area contributed by atoms with Crippen molar-refractivity contribution in [3.8, 4) is 0 Å². The maximum absolute atomic E-state index is 12.5. The molecule has 3 rings (SSSR count). The third-order valence-corrected chi connectivity index (χ3v) is 6.29. The van der Waals surface area contributed by atoms with Crippen LogP contribution in [0.4, 0.5) is 5.69 Å². The van der Waals surface area contributed by atoms with Crippen molar-refractivity contribution in [2.75, 3.05) is 11.9 Å². The SMILES string of the molecule is CC(C)(C)NS(=O)(=O)c1cccc(NC(=O)CCCN2C(=O)c3ccccc3C2=O)c1. The monoisotopic (exact) mass is 443 g/mol. The predicted octanol–water partition coefficient (Wildman–Crippen LogP) is 2.78. The summed E-state index contributed by atoms with van der Waals surface area (Å²) in [6.45, 7) is 5.35. The molecule has 0 aromatic heterocycles. The molecule has 3 amide bonds. The second-order valence-corrected chi connectivity index (χ2v) is 10.0. The zero-order valence-corrected chi connectivity index (χ0v) is 18.5. The molecule has 0 fully saturated rings. The van der Waals surface area contributed by atoms with E-state index in [1.165, 1.54) is 12.1 Å². The number of carbonyl (C=O) groups excluding carboxylic acids is 3. The predicted molar refractivity (Wildman–Crippen MR) is 116 cm³/mol. The Kier molecular flexibility index (Phi) is 6.28. The van der Waals surface area contributed by atoms with Crippen molar-refractivity contribution in [2.45, 2.75) is 44.0 Å². The van der Waals surface area contributed by atoms with Gasteiger partial charge in [0.1, 0.15) is 0 Å². The zero-order valence-electron chi connectivity index (χ0n) is 17.6. The summed E-state index contributed by atoms with van der Waals surface area (Å²) in [6.07, 6.45) is 0.367. The highest BCUT2D eigenvalue weighted by Crippen LogP contribution is 2.23. The summed E-state index contributed by atoms with van der Waals surface area (Å²) >= 11 is 0. The Labute approximate surface area is 181 Å². The van der Waals surface area contributed by atoms with Crippen molar-refractivity contribution in [3.63, 3.8) is 0 Å². The summed E-state index contributed by atoms with van der Waals surface area (Å²) in [5, 5.41) is 2.66. The van der Waals surface area contributed by atoms with Crippen molar-refractivity contribution in [3.05, 3.63) is 59.7 Å². The number of fused-ring (bicyclic) bond motifs is 1. The van der Waals surface area contributed by atoms with Gasteiger partial charge >= 0.3 is 0 Å². The Balaban J connectivity index is 1.56. The fraction of sp³-hybridized carbons (Fsp3) is 0.318. The molecule has 0 aliphatic carbocycles. The largest absolute Gasteiger partial charge is 0.326 e. The molecule has 2 aromatic rings. The average Bonchev–Trinajstić information content (AvgIpc) is 2.91. The van der Waals surface area contributed by atoms with Gasteiger partial charge in [0.2, 0.25) is 15.9 Å². The van der Waals surface area contributed by atoms with Crippen molar-refractivity contribution in [2.24, 2.45) is 0 Å². The molecular weight excluding hydrogens is 418 g/mol. The Hall–Kier alpha value is -3.04. The quantitative estimate of drug-likeness (QED) is 0.639. The van der Waals surface area contributed by atoms with Gasteiger partial charge < -0.3 is 5.32 Å². The van der Waals surface area contributed by atoms with Crippen LogP contribution in [0.3, 0.4) is 0 Å². The number of hydrogen-bond acceptors (Lipinski definition) is 5. The molecule has 0 saturated heterocycles. The molecule has 1 aliphatic heterocycles. The molecule has 0 radical (unpaired) electrons. The van der Waals surface area contributed by atoms with Crippen molar-refractivity contribution >= 4 is 33.4 Å². The fourth-order valence-electron chi connectivity index (χ4n) is 3.27. The van der Waals surface area contributed by atoms with Gasteiger partial charge in [0, 0.05) is 24.2 Å². The Morgan fingerprint density at radius 3 is 2.16 bits per heavy atom. The normalized spacial score (nSPS) is 14.0. The van der Waals surface area contributed by atoms with Crippen LogP contribution in [0.5, 0.6) is 0 Å². The highest BCUT2D eigenvalue weighted by Gasteiger charge is 2.34. The van der Waals surface area contributed by atoms with E-state index in [1.807, 2.05) is 0 Å². The summed E-state index contributed by atoms with van der Waals surface area (Å²) < 4.78 is 27.5. The molecule has 9 heteroatoms. The topological polar surface area (TPSA) is 113 Å². The van der Waals surface area contributed by atoms with E-state index < -0.39 is 15.6 Å². The van der Waals surface area contributed by atoms with E-state index in [2.05, 4.69) is 10.0 Å². The number of imide groups is 1. The molecule has 0 saturated carbocycles. The van der Waals surface area contributed by atoms with Gasteiger partial charge in [0.25, 0.3) is 11.8 Å². The molecular formula is C22H25N3O5S. The van der Waals surface area contributed by atoms with Crippen LogP contribution in [0, 0.1) is 0 Å². The van der Waals surface area contributed by atoms with Crippen LogP contribution in [0.25, 0.3) is 0 Å². The van der Waals surface area contributed by atoms with Gasteiger partial charge in [-0.05, 0) is 57.5 Å². The highest BCUT2D eigenvalue weighted by atomic mass is 32.2. The molecule has 8 nitrogen and oxygen atoms in total. The van der Waals surface area contributed by atoms with Gasteiger partial charge in [-0.2, -0.15) is 0 Å². The van der Waals surface area contributed by atoms with Gasteiger partial charge in [0.15, 0.2) is 0 Å². The second-order valence-electron chi connectivity index (χ2n) is 8.34. The molecule has 0 bridgehead atoms. The first-order valence-electron chi connectivity index (χ1n) is 9.87. The van der Waals surface area contributed by atoms with Crippen LogP contribution in [0.2, 0.25) is 0 Å². The highest BCUT2D eigenvalue weighted by molar-refractivity contribution is 7.89. The van der Waals surface area contributed by atoms with Crippen LogP contribution in [-0.4, -0.2) is 43.1 Å². The number of nitrogens with zero attached hydrogens (tertiary/aromatic N) is 1. The van der Waals surface area contributed by atoms with Gasteiger partial charge in [-0.25, -0.2) is 13.1 Å². The second kappa shape index (κ2) is 8.60. The van der Waals surface area contributed by atoms with E-state index >= 15 is 0 Å². The van der Waals surface area contributed by atoms with E-state index in [4.69, 9.17) is 0 Å². The first-order chi connectivity index (χ1) is 14.5. The first-order valence-corrected chi connectivity index (χ1v) is 11.4. The van der Waals surface area contributed by atoms with Crippen LogP contribution in [0.1, 0.15) is 54.3 Å². The molecule has 0 atom stereocenters. The summed E-state index contributed by atoms with van der Waals surface area (Å²) in [7, 11) is -3.73. The third kappa shape index (κ3) is 5.36. The maximum atomic E-state index is 12.5. The fourth-order valence-corrected chi connectivity index (χ4v) is 4.73. The number of nitrogens with one attached hydrogen (secondary N) is 2. The van der Waals surface area contributed by atoms with Crippen LogP contribution in [-0.2, 0) is 14.8 Å². The summed E-state index contributed by atoms with van der Waals surface area (Å²) in [5.41, 5.74) is 0.461. The number of sulfonamides is 1. The van der Waals surface area contributed by atoms with Crippen molar-refractivity contribution in [1.82, 2.24) is 9.62 Å². The van der Waals surface area contributed by atoms with E-state index in [9.17, 15) is 22.8 Å². The maximum Gasteiger partial charge on any atom is 0.261 e. The smallest absolute Gasteiger partial charge is 0.261 e. The number of anilines is 1. The number of amides is 3. The van der Waals surface area contributed by atoms with Crippen molar-refractivity contribution < 1.29 is 22.8 Å². The van der Waals surface area contributed by atoms with E-state index in [0.717, 1.165) is 4.90 Å². The first kappa shape index (κ1) is 22.6. The lowest BCUT2D eigenvalue weighted by atomic mass is 10.1. The molecule has 0 spiro atoms. The minimum Gasteiger partial charge on any atom is -0.326 e. The van der Waals surface area contributed by atoms with E-state index in [-0.39, 0.29) is 35.6 Å². The van der Waals surface area contributed by atoms with Gasteiger partial charge in [-0.1, -0.05) is 18.2 Å². The standard InChI is InChI=1S/C22H25N3O5S/c1-22(2,3)24-31(29,30)16-9-6-8-15(14-16)23-19(26)12-7-13-25-20(27)17-10-4-5-11-18(17)21(25)28/h4-6,8-11,14,24H,7,12-13H2,1-3H3,(H,23,26). The molecule has 2 N–H and O–H groups in total. The van der Waals surface area contributed by atoms with Crippen molar-refractivity contribution in [1.29, 1.82) is 0 Å². The minimum absolute atomic E-state index is 0.0475. The van der Waals surface area contributed by atoms with Gasteiger partial charge in [-0.15, -0.1) is 0 Å². The summed E-state index contributed by atoms with van der Waals surface area (Å²) in [5.74, 6) is -1.05. The van der Waals surface area contributed by atoms with Gasteiger partial charge in [-0.3, -0.25) is 19.3 Å². The Morgan fingerprint density at radius 1 is 0.968 bits per heavy atom. The van der Waals surface area contributed by atoms with E-state index in [1.54, 1.807) is 57.2 Å². The zero-order chi connectivity index (χ0) is 22.8. The number of carbonyl (C=O) groups is 3. The lowest BCUT2D eigenvalue weighted by Crippen LogP contribution is -2.40. The third-order valence-electron chi connectivity index (χ3n) is 4.53. The lowest BCUT2D eigenvalue weighted by molar-refractivity contribution is -0.116. The summed E-state index contributed by atoms with van der Waals surface area (Å²) in [4.78, 5) is 38.2. The van der Waals surface area contributed by atoms with Crippen LogP contribution < -0.4 is 10.0 Å². The lowest BCUT2D eigenvalue weighted by Gasteiger charge is -2.20.